The zero-order valence-electron chi connectivity index (χ0n) is 8.37. The minimum Gasteiger partial charge on any atom is -0.476 e. The fourth-order valence-electron chi connectivity index (χ4n) is 1.04. The summed E-state index contributed by atoms with van der Waals surface area (Å²) in [7, 11) is 0. The Morgan fingerprint density at radius 3 is 2.40 bits per heavy atom. The van der Waals surface area contributed by atoms with Gasteiger partial charge in [0.2, 0.25) is 0 Å². The van der Waals surface area contributed by atoms with E-state index in [2.05, 4.69) is 4.98 Å². The van der Waals surface area contributed by atoms with Crippen molar-refractivity contribution in [1.82, 2.24) is 4.98 Å². The number of pyridine rings is 1. The first kappa shape index (κ1) is 11.6. The van der Waals surface area contributed by atoms with Crippen LogP contribution in [0, 0.1) is 0 Å². The van der Waals surface area contributed by atoms with Crippen molar-refractivity contribution in [2.75, 3.05) is 0 Å². The van der Waals surface area contributed by atoms with E-state index in [9.17, 15) is 13.6 Å². The van der Waals surface area contributed by atoms with Gasteiger partial charge in [-0.1, -0.05) is 19.9 Å². The van der Waals surface area contributed by atoms with E-state index in [-0.39, 0.29) is 5.92 Å². The van der Waals surface area contributed by atoms with E-state index in [1.54, 1.807) is 0 Å². The lowest BCUT2D eigenvalue weighted by atomic mass is 10.0. The highest BCUT2D eigenvalue weighted by molar-refractivity contribution is 5.76. The third-order valence-electron chi connectivity index (χ3n) is 2.04. The summed E-state index contributed by atoms with van der Waals surface area (Å²) in [5.74, 6) is -5.94. The van der Waals surface area contributed by atoms with E-state index >= 15 is 0 Å². The number of alkyl halides is 2. The highest BCUT2D eigenvalue weighted by Gasteiger charge is 2.42. The van der Waals surface area contributed by atoms with Crippen LogP contribution in [0.5, 0.6) is 0 Å². The summed E-state index contributed by atoms with van der Waals surface area (Å²) in [6.45, 7) is 3.79. The molecular formula is C10H11F2NO2. The van der Waals surface area contributed by atoms with Gasteiger partial charge in [0.25, 0.3) is 0 Å². The first-order valence-electron chi connectivity index (χ1n) is 4.43. The molecule has 0 bridgehead atoms. The van der Waals surface area contributed by atoms with Crippen LogP contribution in [0.25, 0.3) is 0 Å². The lowest BCUT2D eigenvalue weighted by molar-refractivity contribution is -0.166. The van der Waals surface area contributed by atoms with Crippen LogP contribution in [0.3, 0.4) is 0 Å². The van der Waals surface area contributed by atoms with Crippen LogP contribution in [0.15, 0.2) is 18.3 Å². The third kappa shape index (κ3) is 2.29. The molecule has 3 nitrogen and oxygen atoms in total. The number of aromatic nitrogens is 1. The summed E-state index contributed by atoms with van der Waals surface area (Å²) >= 11 is 0. The van der Waals surface area contributed by atoms with Crippen molar-refractivity contribution in [2.24, 2.45) is 0 Å². The molecule has 0 unspecified atom stereocenters. The molecule has 0 aliphatic heterocycles. The molecule has 15 heavy (non-hydrogen) atoms. The maximum atomic E-state index is 12.9. The van der Waals surface area contributed by atoms with E-state index in [0.29, 0.717) is 0 Å². The largest absolute Gasteiger partial charge is 0.476 e. The molecule has 0 saturated carbocycles. The van der Waals surface area contributed by atoms with E-state index < -0.39 is 17.6 Å². The van der Waals surface area contributed by atoms with Crippen molar-refractivity contribution in [3.63, 3.8) is 0 Å². The Bertz CT molecular complexity index is 360. The number of carboxylic acids is 1. The van der Waals surface area contributed by atoms with Gasteiger partial charge in [-0.3, -0.25) is 4.98 Å². The summed E-state index contributed by atoms with van der Waals surface area (Å²) in [5, 5.41) is 8.28. The summed E-state index contributed by atoms with van der Waals surface area (Å²) in [5.41, 5.74) is 0.0549. The zero-order valence-corrected chi connectivity index (χ0v) is 8.37. The van der Waals surface area contributed by atoms with Crippen LogP contribution in [-0.4, -0.2) is 16.1 Å². The van der Waals surface area contributed by atoms with Crippen LogP contribution in [-0.2, 0) is 10.7 Å². The SMILES string of the molecule is CC(C)c1ccc(C(F)(F)C(=O)O)nc1. The Morgan fingerprint density at radius 2 is 2.07 bits per heavy atom. The highest BCUT2D eigenvalue weighted by Crippen LogP contribution is 2.27. The smallest absolute Gasteiger partial charge is 0.384 e. The molecule has 0 spiro atoms. The van der Waals surface area contributed by atoms with E-state index in [4.69, 9.17) is 5.11 Å². The predicted octanol–water partition coefficient (Wildman–Crippen LogP) is 2.38. The predicted molar refractivity (Wildman–Crippen MR) is 49.9 cm³/mol. The second-order valence-electron chi connectivity index (χ2n) is 3.51. The van der Waals surface area contributed by atoms with Gasteiger partial charge in [-0.05, 0) is 17.5 Å². The van der Waals surface area contributed by atoms with Gasteiger partial charge in [-0.15, -0.1) is 0 Å². The minimum atomic E-state index is -3.92. The number of hydrogen-bond donors (Lipinski definition) is 1. The molecule has 0 aliphatic rings. The van der Waals surface area contributed by atoms with E-state index in [1.165, 1.54) is 12.3 Å². The quantitative estimate of drug-likeness (QED) is 0.842. The van der Waals surface area contributed by atoms with Gasteiger partial charge < -0.3 is 5.11 Å². The number of halogens is 2. The molecule has 0 aliphatic carbocycles. The molecule has 1 aromatic rings. The van der Waals surface area contributed by atoms with Gasteiger partial charge in [-0.2, -0.15) is 8.78 Å². The number of hydrogen-bond acceptors (Lipinski definition) is 2. The summed E-state index contributed by atoms with van der Waals surface area (Å²) < 4.78 is 25.9. The minimum absolute atomic E-state index is 0.171. The van der Waals surface area contributed by atoms with Gasteiger partial charge in [0.15, 0.2) is 0 Å². The van der Waals surface area contributed by atoms with Crippen molar-refractivity contribution < 1.29 is 18.7 Å². The number of carboxylic acid groups (broad SMARTS) is 1. The average molecular weight is 215 g/mol. The highest BCUT2D eigenvalue weighted by atomic mass is 19.3. The molecule has 0 radical (unpaired) electrons. The lowest BCUT2D eigenvalue weighted by Gasteiger charge is -2.11. The molecule has 0 fully saturated rings. The second-order valence-corrected chi connectivity index (χ2v) is 3.51. The Hall–Kier alpha value is -1.52. The molecule has 5 heteroatoms. The third-order valence-corrected chi connectivity index (χ3v) is 2.04. The molecule has 0 saturated heterocycles. The fraction of sp³-hybridized carbons (Fsp3) is 0.400. The topological polar surface area (TPSA) is 50.2 Å². The van der Waals surface area contributed by atoms with Gasteiger partial charge in [0, 0.05) is 6.20 Å². The maximum absolute atomic E-state index is 12.9. The Morgan fingerprint density at radius 1 is 1.47 bits per heavy atom. The molecule has 1 heterocycles. The summed E-state index contributed by atoms with van der Waals surface area (Å²) in [4.78, 5) is 13.7. The monoisotopic (exact) mass is 215 g/mol. The van der Waals surface area contributed by atoms with Crippen LogP contribution in [0.2, 0.25) is 0 Å². The Balaban J connectivity index is 3.04. The first-order chi connectivity index (χ1) is 6.85. The Labute approximate surface area is 85.8 Å². The van der Waals surface area contributed by atoms with Crippen molar-refractivity contribution in [3.8, 4) is 0 Å². The standard InChI is InChI=1S/C10H11F2NO2/c1-6(2)7-3-4-8(13-5-7)10(11,12)9(14)15/h3-6H,1-2H3,(H,14,15). The average Bonchev–Trinajstić information content (AvgIpc) is 2.17. The van der Waals surface area contributed by atoms with Gasteiger partial charge in [0.1, 0.15) is 5.69 Å². The molecule has 0 amide bonds. The maximum Gasteiger partial charge on any atom is 0.384 e. The molecule has 1 rings (SSSR count). The molecule has 82 valence electrons. The molecular weight excluding hydrogens is 204 g/mol. The van der Waals surface area contributed by atoms with Crippen molar-refractivity contribution in [3.05, 3.63) is 29.6 Å². The summed E-state index contributed by atoms with van der Waals surface area (Å²) in [6.07, 6.45) is 1.27. The number of aliphatic carboxylic acids is 1. The Kier molecular flexibility index (Phi) is 3.02. The van der Waals surface area contributed by atoms with Crippen LogP contribution < -0.4 is 0 Å². The molecule has 1 aromatic heterocycles. The van der Waals surface area contributed by atoms with Crippen molar-refractivity contribution >= 4 is 5.97 Å². The summed E-state index contributed by atoms with van der Waals surface area (Å²) in [6, 6.07) is 2.51. The van der Waals surface area contributed by atoms with Gasteiger partial charge in [0.05, 0.1) is 0 Å². The zero-order chi connectivity index (χ0) is 11.6. The van der Waals surface area contributed by atoms with E-state index in [0.717, 1.165) is 11.6 Å². The first-order valence-corrected chi connectivity index (χ1v) is 4.43. The molecule has 0 aromatic carbocycles. The fourth-order valence-corrected chi connectivity index (χ4v) is 1.04. The molecule has 0 atom stereocenters. The van der Waals surface area contributed by atoms with Crippen molar-refractivity contribution in [1.29, 1.82) is 0 Å². The van der Waals surface area contributed by atoms with Crippen LogP contribution in [0.4, 0.5) is 8.78 Å². The van der Waals surface area contributed by atoms with Gasteiger partial charge in [-0.25, -0.2) is 4.79 Å². The van der Waals surface area contributed by atoms with Crippen molar-refractivity contribution in [2.45, 2.75) is 25.7 Å². The molecule has 1 N–H and O–H groups in total. The number of nitrogens with zero attached hydrogens (tertiary/aromatic N) is 1. The van der Waals surface area contributed by atoms with Gasteiger partial charge >= 0.3 is 11.9 Å². The number of rotatable bonds is 3. The lowest BCUT2D eigenvalue weighted by Crippen LogP contribution is -2.26. The number of carbonyl (C=O) groups is 1. The van der Waals surface area contributed by atoms with Crippen LogP contribution >= 0.6 is 0 Å². The van der Waals surface area contributed by atoms with Crippen LogP contribution in [0.1, 0.15) is 31.0 Å². The normalized spacial score (nSPS) is 11.8. The second kappa shape index (κ2) is 3.92. The van der Waals surface area contributed by atoms with E-state index in [1.807, 2.05) is 13.8 Å².